The van der Waals surface area contributed by atoms with Crippen LogP contribution >= 0.6 is 28.1 Å². The maximum absolute atomic E-state index is 12.6. The zero-order valence-electron chi connectivity index (χ0n) is 22.1. The van der Waals surface area contributed by atoms with Crippen molar-refractivity contribution in [1.82, 2.24) is 10.3 Å². The number of nitrogens with one attached hydrogen (secondary N) is 2. The molecular weight excluding hydrogens is 576 g/mol. The number of hydrogen-bond acceptors (Lipinski definition) is 5. The predicted octanol–water partition coefficient (Wildman–Crippen LogP) is 7.27. The SMILES string of the molecule is COc1cc(N2C(=S)N[C@H](c3ccccn3)[C@@H]2c2ccc(-c3ccc(Br)cc3)o2)ccc1NC(=O)C(C)(C)C. The van der Waals surface area contributed by atoms with E-state index in [0.29, 0.717) is 16.5 Å². The van der Waals surface area contributed by atoms with Crippen LogP contribution < -0.4 is 20.3 Å². The minimum Gasteiger partial charge on any atom is -0.494 e. The highest BCUT2D eigenvalue weighted by molar-refractivity contribution is 9.10. The number of ether oxygens (including phenoxy) is 1. The van der Waals surface area contributed by atoms with Crippen LogP contribution in [0.5, 0.6) is 5.75 Å². The van der Waals surface area contributed by atoms with Crippen LogP contribution in [-0.2, 0) is 4.79 Å². The zero-order valence-corrected chi connectivity index (χ0v) is 24.5. The van der Waals surface area contributed by atoms with Crippen molar-refractivity contribution in [3.63, 3.8) is 0 Å². The maximum atomic E-state index is 12.6. The van der Waals surface area contributed by atoms with Crippen molar-refractivity contribution in [3.05, 3.63) is 94.9 Å². The van der Waals surface area contributed by atoms with E-state index < -0.39 is 5.41 Å². The number of furan rings is 1. The number of halogens is 1. The smallest absolute Gasteiger partial charge is 0.229 e. The second kappa shape index (κ2) is 10.8. The Balaban J connectivity index is 1.55. The third-order valence-corrected chi connectivity index (χ3v) is 7.38. The van der Waals surface area contributed by atoms with Crippen molar-refractivity contribution in [2.75, 3.05) is 17.3 Å². The van der Waals surface area contributed by atoms with Gasteiger partial charge in [-0.1, -0.05) is 54.9 Å². The molecule has 1 aliphatic heterocycles. The van der Waals surface area contributed by atoms with Crippen molar-refractivity contribution >= 4 is 50.5 Å². The van der Waals surface area contributed by atoms with Gasteiger partial charge in [-0.25, -0.2) is 0 Å². The fourth-order valence-corrected chi connectivity index (χ4v) is 5.06. The molecular formula is C30H29BrN4O3S. The molecule has 2 aromatic heterocycles. The van der Waals surface area contributed by atoms with Gasteiger partial charge in [0, 0.05) is 33.4 Å². The number of carbonyl (C=O) groups excluding carboxylic acids is 1. The van der Waals surface area contributed by atoms with Crippen molar-refractivity contribution < 1.29 is 13.9 Å². The number of amides is 1. The molecule has 5 rings (SSSR count). The lowest BCUT2D eigenvalue weighted by atomic mass is 9.95. The average Bonchev–Trinajstić information content (AvgIpc) is 3.54. The lowest BCUT2D eigenvalue weighted by molar-refractivity contribution is -0.123. The molecule has 200 valence electrons. The molecule has 0 aliphatic carbocycles. The molecule has 0 bridgehead atoms. The van der Waals surface area contributed by atoms with Gasteiger partial charge in [0.2, 0.25) is 5.91 Å². The van der Waals surface area contributed by atoms with E-state index in [9.17, 15) is 4.79 Å². The zero-order chi connectivity index (χ0) is 27.7. The molecule has 2 atom stereocenters. The van der Waals surface area contributed by atoms with Gasteiger partial charge in [-0.05, 0) is 60.7 Å². The van der Waals surface area contributed by atoms with E-state index in [1.165, 1.54) is 0 Å². The summed E-state index contributed by atoms with van der Waals surface area (Å²) < 4.78 is 13.1. The largest absolute Gasteiger partial charge is 0.494 e. The summed E-state index contributed by atoms with van der Waals surface area (Å²) in [6.07, 6.45) is 1.77. The molecule has 1 saturated heterocycles. The molecule has 7 nitrogen and oxygen atoms in total. The van der Waals surface area contributed by atoms with Gasteiger partial charge in [0.15, 0.2) is 5.11 Å². The van der Waals surface area contributed by atoms with E-state index in [1.54, 1.807) is 13.3 Å². The molecule has 0 unspecified atom stereocenters. The molecule has 4 aromatic rings. The Hall–Kier alpha value is -3.69. The predicted molar refractivity (Wildman–Crippen MR) is 161 cm³/mol. The van der Waals surface area contributed by atoms with Gasteiger partial charge in [-0.15, -0.1) is 0 Å². The number of benzene rings is 2. The number of nitrogens with zero attached hydrogens (tertiary/aromatic N) is 2. The fourth-order valence-electron chi connectivity index (χ4n) is 4.45. The van der Waals surface area contributed by atoms with Crippen LogP contribution in [0.4, 0.5) is 11.4 Å². The molecule has 1 amide bonds. The van der Waals surface area contributed by atoms with Crippen molar-refractivity contribution in [3.8, 4) is 17.1 Å². The minimum absolute atomic E-state index is 0.101. The molecule has 1 aliphatic rings. The number of rotatable bonds is 6. The average molecular weight is 606 g/mol. The first-order valence-corrected chi connectivity index (χ1v) is 13.7. The van der Waals surface area contributed by atoms with Gasteiger partial charge in [0.05, 0.1) is 24.5 Å². The van der Waals surface area contributed by atoms with E-state index in [0.717, 1.165) is 32.9 Å². The number of thiocarbonyl (C=S) groups is 1. The van der Waals surface area contributed by atoms with Crippen LogP contribution in [-0.4, -0.2) is 23.1 Å². The summed E-state index contributed by atoms with van der Waals surface area (Å²) >= 11 is 9.34. The summed E-state index contributed by atoms with van der Waals surface area (Å²) in [5.41, 5.74) is 2.65. The van der Waals surface area contributed by atoms with Crippen LogP contribution in [0.25, 0.3) is 11.3 Å². The number of anilines is 2. The molecule has 0 saturated carbocycles. The normalized spacial score (nSPS) is 17.2. The second-order valence-electron chi connectivity index (χ2n) is 10.3. The summed E-state index contributed by atoms with van der Waals surface area (Å²) in [6.45, 7) is 5.60. The molecule has 0 spiro atoms. The molecule has 2 N–H and O–H groups in total. The summed E-state index contributed by atoms with van der Waals surface area (Å²) in [5.74, 6) is 1.92. The van der Waals surface area contributed by atoms with Crippen LogP contribution in [0.15, 0.2) is 87.9 Å². The van der Waals surface area contributed by atoms with Gasteiger partial charge >= 0.3 is 0 Å². The highest BCUT2D eigenvalue weighted by Gasteiger charge is 2.43. The van der Waals surface area contributed by atoms with Gasteiger partial charge in [0.1, 0.15) is 23.3 Å². The Morgan fingerprint density at radius 1 is 1.10 bits per heavy atom. The van der Waals surface area contributed by atoms with E-state index in [2.05, 4.69) is 31.5 Å². The van der Waals surface area contributed by atoms with Crippen LogP contribution in [0.3, 0.4) is 0 Å². The van der Waals surface area contributed by atoms with Gasteiger partial charge in [0.25, 0.3) is 0 Å². The summed E-state index contributed by atoms with van der Waals surface area (Å²) in [6, 6.07) is 22.8. The molecule has 1 fully saturated rings. The van der Waals surface area contributed by atoms with Crippen molar-refractivity contribution in [1.29, 1.82) is 0 Å². The fraction of sp³-hybridized carbons (Fsp3) is 0.233. The topological polar surface area (TPSA) is 79.6 Å². The first kappa shape index (κ1) is 26.9. The molecule has 0 radical (unpaired) electrons. The third-order valence-electron chi connectivity index (χ3n) is 6.54. The number of carbonyl (C=O) groups is 1. The van der Waals surface area contributed by atoms with Gasteiger partial charge < -0.3 is 24.7 Å². The number of hydrogen-bond donors (Lipinski definition) is 2. The number of aromatic nitrogens is 1. The highest BCUT2D eigenvalue weighted by Crippen LogP contribution is 2.44. The number of pyridine rings is 1. The van der Waals surface area contributed by atoms with Crippen LogP contribution in [0.2, 0.25) is 0 Å². The Morgan fingerprint density at radius 3 is 2.54 bits per heavy atom. The Morgan fingerprint density at radius 2 is 1.87 bits per heavy atom. The number of methoxy groups -OCH3 is 1. The Bertz CT molecular complexity index is 1500. The Labute approximate surface area is 241 Å². The molecule has 2 aromatic carbocycles. The maximum Gasteiger partial charge on any atom is 0.229 e. The lowest BCUT2D eigenvalue weighted by Gasteiger charge is -2.27. The van der Waals surface area contributed by atoms with Crippen LogP contribution in [0.1, 0.15) is 44.3 Å². The van der Waals surface area contributed by atoms with Crippen molar-refractivity contribution in [2.45, 2.75) is 32.9 Å². The first-order valence-electron chi connectivity index (χ1n) is 12.5. The molecule has 9 heteroatoms. The highest BCUT2D eigenvalue weighted by atomic mass is 79.9. The summed E-state index contributed by atoms with van der Waals surface area (Å²) in [7, 11) is 1.58. The van der Waals surface area contributed by atoms with Gasteiger partial charge in [-0.3, -0.25) is 9.78 Å². The van der Waals surface area contributed by atoms with Crippen LogP contribution in [0, 0.1) is 5.41 Å². The molecule has 39 heavy (non-hydrogen) atoms. The quantitative estimate of drug-likeness (QED) is 0.224. The minimum atomic E-state index is -0.545. The van der Waals surface area contributed by atoms with E-state index in [4.69, 9.17) is 21.4 Å². The second-order valence-corrected chi connectivity index (χ2v) is 11.6. The Kier molecular flexibility index (Phi) is 7.46. The van der Waals surface area contributed by atoms with E-state index >= 15 is 0 Å². The monoisotopic (exact) mass is 604 g/mol. The summed E-state index contributed by atoms with van der Waals surface area (Å²) in [5, 5.41) is 6.95. The summed E-state index contributed by atoms with van der Waals surface area (Å²) in [4.78, 5) is 19.3. The van der Waals surface area contributed by atoms with Crippen molar-refractivity contribution in [2.24, 2.45) is 5.41 Å². The molecule has 3 heterocycles. The standard InChI is InChI=1S/C30H29BrN4O3S/c1-30(2,3)28(36)33-21-13-12-20(17-25(21)37-4)35-27(26(34-29(35)39)22-7-5-6-16-32-22)24-15-14-23(38-24)18-8-10-19(31)11-9-18/h5-17,26-27H,1-4H3,(H,33,36)(H,34,39)/t26-,27+/m1/s1. The van der Waals surface area contributed by atoms with E-state index in [-0.39, 0.29) is 18.0 Å². The van der Waals surface area contributed by atoms with E-state index in [1.807, 2.05) is 98.5 Å². The lowest BCUT2D eigenvalue weighted by Crippen LogP contribution is -2.30. The third kappa shape index (κ3) is 5.55. The first-order chi connectivity index (χ1) is 18.7. The van der Waals surface area contributed by atoms with Gasteiger partial charge in [-0.2, -0.15) is 0 Å².